The highest BCUT2D eigenvalue weighted by atomic mass is 35.6. The highest BCUT2D eigenvalue weighted by molar-refractivity contribution is 7.80. The molecule has 2 rings (SSSR count). The second kappa shape index (κ2) is 8.86. The summed E-state index contributed by atoms with van der Waals surface area (Å²) in [4.78, 5) is 12.5. The molecule has 1 atom stereocenters. The summed E-state index contributed by atoms with van der Waals surface area (Å²) in [5.41, 5.74) is 1.77. The van der Waals surface area contributed by atoms with Gasteiger partial charge in [-0.1, -0.05) is 53.0 Å². The number of aryl methyl sites for hydroxylation is 1. The predicted octanol–water partition coefficient (Wildman–Crippen LogP) is 4.55. The second-order valence-corrected chi connectivity index (χ2v) is 8.15. The van der Waals surface area contributed by atoms with Crippen molar-refractivity contribution in [1.29, 1.82) is 0 Å². The summed E-state index contributed by atoms with van der Waals surface area (Å²) < 4.78 is 11.1. The number of hydrogen-bond donors (Lipinski definition) is 3. The van der Waals surface area contributed by atoms with Crippen LogP contribution in [0.5, 0.6) is 0 Å². The summed E-state index contributed by atoms with van der Waals surface area (Å²) in [6.45, 7) is 1.80. The van der Waals surface area contributed by atoms with Crippen molar-refractivity contribution in [2.75, 3.05) is 5.32 Å². The molecule has 2 aromatic rings. The van der Waals surface area contributed by atoms with E-state index in [0.29, 0.717) is 11.3 Å². The molecule has 0 aliphatic carbocycles. The van der Waals surface area contributed by atoms with Crippen LogP contribution in [0.4, 0.5) is 10.1 Å². The molecule has 0 saturated carbocycles. The van der Waals surface area contributed by atoms with Crippen LogP contribution in [0.1, 0.15) is 15.9 Å². The molecule has 0 aliphatic rings. The SMILES string of the molecule is Cc1ccccc1C(=O)NC(NC(=S)Nc1ccc(F)cc1)C(Cl)(Cl)Cl. The van der Waals surface area contributed by atoms with Crippen LogP contribution < -0.4 is 16.0 Å². The van der Waals surface area contributed by atoms with Crippen molar-refractivity contribution in [3.8, 4) is 0 Å². The van der Waals surface area contributed by atoms with Gasteiger partial charge in [0.1, 0.15) is 12.0 Å². The molecule has 9 heteroatoms. The van der Waals surface area contributed by atoms with Gasteiger partial charge in [0, 0.05) is 11.3 Å². The third kappa shape index (κ3) is 5.99. The number of thiocarbonyl (C=S) groups is 1. The first-order chi connectivity index (χ1) is 12.2. The largest absolute Gasteiger partial charge is 0.339 e. The number of hydrogen-bond acceptors (Lipinski definition) is 2. The number of carbonyl (C=O) groups excluding carboxylic acids is 1. The lowest BCUT2D eigenvalue weighted by molar-refractivity contribution is 0.0934. The quantitative estimate of drug-likeness (QED) is 0.375. The fourth-order valence-corrected chi connectivity index (χ4v) is 2.63. The Balaban J connectivity index is 2.07. The number of alkyl halides is 3. The number of halogens is 4. The minimum atomic E-state index is -1.87. The number of rotatable bonds is 4. The maximum atomic E-state index is 13.0. The summed E-state index contributed by atoms with van der Waals surface area (Å²) in [6, 6.07) is 12.6. The van der Waals surface area contributed by atoms with Crippen molar-refractivity contribution in [3.63, 3.8) is 0 Å². The van der Waals surface area contributed by atoms with Crippen LogP contribution in [0.3, 0.4) is 0 Å². The molecule has 138 valence electrons. The average Bonchev–Trinajstić information content (AvgIpc) is 2.56. The molecule has 2 aromatic carbocycles. The lowest BCUT2D eigenvalue weighted by atomic mass is 10.1. The maximum absolute atomic E-state index is 13.0. The number of nitrogens with one attached hydrogen (secondary N) is 3. The van der Waals surface area contributed by atoms with E-state index in [1.54, 1.807) is 25.1 Å². The van der Waals surface area contributed by atoms with Crippen LogP contribution >= 0.6 is 47.0 Å². The first-order valence-electron chi connectivity index (χ1n) is 7.43. The normalized spacial score (nSPS) is 12.2. The van der Waals surface area contributed by atoms with Crippen molar-refractivity contribution < 1.29 is 9.18 Å². The zero-order valence-corrected chi connectivity index (χ0v) is 16.6. The third-order valence-corrected chi connectivity index (χ3v) is 4.24. The first kappa shape index (κ1) is 20.7. The Labute approximate surface area is 171 Å². The molecule has 0 radical (unpaired) electrons. The Morgan fingerprint density at radius 3 is 2.27 bits per heavy atom. The van der Waals surface area contributed by atoms with Crippen molar-refractivity contribution in [1.82, 2.24) is 10.6 Å². The summed E-state index contributed by atoms with van der Waals surface area (Å²) in [5.74, 6) is -0.796. The number of amides is 1. The van der Waals surface area contributed by atoms with E-state index in [0.717, 1.165) is 5.56 Å². The third-order valence-electron chi connectivity index (χ3n) is 3.37. The summed E-state index contributed by atoms with van der Waals surface area (Å²) in [7, 11) is 0. The molecule has 0 spiro atoms. The molecule has 1 unspecified atom stereocenters. The molecular weight excluding hydrogens is 420 g/mol. The Bertz CT molecular complexity index is 797. The Morgan fingerprint density at radius 1 is 1.08 bits per heavy atom. The smallest absolute Gasteiger partial charge is 0.253 e. The minimum Gasteiger partial charge on any atom is -0.339 e. The standard InChI is InChI=1S/C17H15Cl3FN3OS/c1-10-4-2-3-5-13(10)14(25)23-15(17(18,19)20)24-16(26)22-12-8-6-11(21)7-9-12/h2-9,15H,1H3,(H,23,25)(H2,22,24,26). The van der Waals surface area contributed by atoms with Gasteiger partial charge < -0.3 is 16.0 Å². The van der Waals surface area contributed by atoms with Crippen LogP contribution in [0, 0.1) is 12.7 Å². The van der Waals surface area contributed by atoms with Crippen LogP contribution in [0.2, 0.25) is 0 Å². The molecule has 0 heterocycles. The van der Waals surface area contributed by atoms with E-state index in [-0.39, 0.29) is 10.9 Å². The van der Waals surface area contributed by atoms with Gasteiger partial charge in [-0.05, 0) is 55.0 Å². The zero-order valence-electron chi connectivity index (χ0n) is 13.5. The van der Waals surface area contributed by atoms with Crippen molar-refractivity contribution in [3.05, 3.63) is 65.5 Å². The van der Waals surface area contributed by atoms with Gasteiger partial charge in [-0.2, -0.15) is 0 Å². The lowest BCUT2D eigenvalue weighted by Crippen LogP contribution is -2.56. The molecule has 3 N–H and O–H groups in total. The topological polar surface area (TPSA) is 53.2 Å². The summed E-state index contributed by atoms with van der Waals surface area (Å²) >= 11 is 23.0. The van der Waals surface area contributed by atoms with E-state index in [4.69, 9.17) is 47.0 Å². The average molecular weight is 435 g/mol. The van der Waals surface area contributed by atoms with Gasteiger partial charge in [-0.15, -0.1) is 0 Å². The molecule has 26 heavy (non-hydrogen) atoms. The van der Waals surface area contributed by atoms with Gasteiger partial charge in [0.25, 0.3) is 5.91 Å². The Morgan fingerprint density at radius 2 is 1.69 bits per heavy atom. The Hall–Kier alpha value is -1.60. The van der Waals surface area contributed by atoms with Gasteiger partial charge in [-0.3, -0.25) is 4.79 Å². The van der Waals surface area contributed by atoms with Gasteiger partial charge in [0.2, 0.25) is 3.79 Å². The van der Waals surface area contributed by atoms with E-state index in [1.807, 2.05) is 6.07 Å². The fourth-order valence-electron chi connectivity index (χ4n) is 2.07. The molecular formula is C17H15Cl3FN3OS. The minimum absolute atomic E-state index is 0.0954. The van der Waals surface area contributed by atoms with Crippen LogP contribution in [0.15, 0.2) is 48.5 Å². The van der Waals surface area contributed by atoms with Crippen LogP contribution in [0.25, 0.3) is 0 Å². The highest BCUT2D eigenvalue weighted by Gasteiger charge is 2.35. The molecule has 0 aromatic heterocycles. The van der Waals surface area contributed by atoms with Crippen molar-refractivity contribution >= 4 is 63.7 Å². The molecule has 4 nitrogen and oxygen atoms in total. The van der Waals surface area contributed by atoms with Crippen LogP contribution in [-0.4, -0.2) is 21.0 Å². The number of anilines is 1. The molecule has 0 saturated heterocycles. The van der Waals surface area contributed by atoms with Crippen LogP contribution in [-0.2, 0) is 0 Å². The van der Waals surface area contributed by atoms with E-state index in [2.05, 4.69) is 16.0 Å². The van der Waals surface area contributed by atoms with Gasteiger partial charge in [0.05, 0.1) is 0 Å². The molecule has 0 bridgehead atoms. The molecule has 0 aliphatic heterocycles. The second-order valence-electron chi connectivity index (χ2n) is 5.37. The van der Waals surface area contributed by atoms with E-state index < -0.39 is 15.9 Å². The lowest BCUT2D eigenvalue weighted by Gasteiger charge is -2.28. The van der Waals surface area contributed by atoms with Gasteiger partial charge in [0.15, 0.2) is 5.11 Å². The van der Waals surface area contributed by atoms with Crippen molar-refractivity contribution in [2.45, 2.75) is 16.9 Å². The monoisotopic (exact) mass is 433 g/mol. The van der Waals surface area contributed by atoms with Gasteiger partial charge in [-0.25, -0.2) is 4.39 Å². The van der Waals surface area contributed by atoms with E-state index >= 15 is 0 Å². The number of carbonyl (C=O) groups is 1. The first-order valence-corrected chi connectivity index (χ1v) is 8.97. The Kier molecular flexibility index (Phi) is 7.06. The summed E-state index contributed by atoms with van der Waals surface area (Å²) in [6.07, 6.45) is -1.10. The highest BCUT2D eigenvalue weighted by Crippen LogP contribution is 2.29. The molecule has 1 amide bonds. The zero-order chi connectivity index (χ0) is 19.3. The fraction of sp³-hybridized carbons (Fsp3) is 0.176. The summed E-state index contributed by atoms with van der Waals surface area (Å²) in [5, 5.41) is 8.26. The van der Waals surface area contributed by atoms with Crippen molar-refractivity contribution in [2.24, 2.45) is 0 Å². The number of benzene rings is 2. The maximum Gasteiger partial charge on any atom is 0.253 e. The van der Waals surface area contributed by atoms with E-state index in [1.165, 1.54) is 24.3 Å². The van der Waals surface area contributed by atoms with Gasteiger partial charge >= 0.3 is 0 Å². The molecule has 0 fully saturated rings. The predicted molar refractivity (Wildman–Crippen MR) is 108 cm³/mol. The van der Waals surface area contributed by atoms with E-state index in [9.17, 15) is 9.18 Å².